The molecule has 108 valence electrons. The minimum atomic E-state index is 0.184. The highest BCUT2D eigenvalue weighted by Crippen LogP contribution is 2.24. The maximum Gasteiger partial charge on any atom is 0.136 e. The third kappa shape index (κ3) is 3.30. The minimum absolute atomic E-state index is 0.184. The van der Waals surface area contributed by atoms with Crippen LogP contribution in [0.5, 0.6) is 5.75 Å². The van der Waals surface area contributed by atoms with Gasteiger partial charge in [-0.15, -0.1) is 0 Å². The minimum Gasteiger partial charge on any atom is -0.495 e. The summed E-state index contributed by atoms with van der Waals surface area (Å²) < 4.78 is 5.18. The van der Waals surface area contributed by atoms with Gasteiger partial charge in [0.05, 0.1) is 12.7 Å². The first-order valence-corrected chi connectivity index (χ1v) is 7.22. The van der Waals surface area contributed by atoms with E-state index in [1.54, 1.807) is 7.11 Å². The van der Waals surface area contributed by atoms with Gasteiger partial charge in [-0.1, -0.05) is 12.5 Å². The number of hydrogen-bond acceptors (Lipinski definition) is 4. The zero-order valence-electron chi connectivity index (χ0n) is 12.3. The molecule has 0 spiro atoms. The van der Waals surface area contributed by atoms with Crippen LogP contribution in [0.1, 0.15) is 37.3 Å². The average Bonchev–Trinajstić information content (AvgIpc) is 2.47. The summed E-state index contributed by atoms with van der Waals surface area (Å²) in [6.07, 6.45) is 3.65. The third-order valence-electron chi connectivity index (χ3n) is 4.04. The van der Waals surface area contributed by atoms with Gasteiger partial charge in [0.1, 0.15) is 11.8 Å². The summed E-state index contributed by atoms with van der Waals surface area (Å²) >= 11 is 0. The first-order chi connectivity index (χ1) is 9.65. The van der Waals surface area contributed by atoms with E-state index in [1.165, 1.54) is 19.3 Å². The van der Waals surface area contributed by atoms with E-state index in [0.29, 0.717) is 17.4 Å². The lowest BCUT2D eigenvalue weighted by molar-refractivity contribution is 0.123. The second kappa shape index (κ2) is 6.74. The van der Waals surface area contributed by atoms with Crippen LogP contribution in [0.3, 0.4) is 0 Å². The van der Waals surface area contributed by atoms with Gasteiger partial charge in [0.25, 0.3) is 0 Å². The van der Waals surface area contributed by atoms with Gasteiger partial charge in [0.15, 0.2) is 0 Å². The van der Waals surface area contributed by atoms with Crippen LogP contribution >= 0.6 is 0 Å². The van der Waals surface area contributed by atoms with Crippen molar-refractivity contribution in [3.8, 4) is 11.8 Å². The molecule has 1 heterocycles. The van der Waals surface area contributed by atoms with E-state index in [1.807, 2.05) is 18.2 Å². The normalized spacial score (nSPS) is 21.2. The van der Waals surface area contributed by atoms with E-state index in [2.05, 4.69) is 17.9 Å². The number of hydrogen-bond donors (Lipinski definition) is 1. The number of ether oxygens (including phenoxy) is 1. The van der Waals surface area contributed by atoms with Gasteiger partial charge in [-0.05, 0) is 44.0 Å². The zero-order chi connectivity index (χ0) is 14.5. The summed E-state index contributed by atoms with van der Waals surface area (Å²) in [5.41, 5.74) is 7.84. The number of piperidine rings is 1. The Balaban J connectivity index is 2.14. The van der Waals surface area contributed by atoms with E-state index in [0.717, 1.165) is 18.7 Å². The first-order valence-electron chi connectivity index (χ1n) is 7.22. The molecule has 2 rings (SSSR count). The molecular weight excluding hydrogens is 250 g/mol. The molecular formula is C16H23N3O. The van der Waals surface area contributed by atoms with Gasteiger partial charge in [0.2, 0.25) is 0 Å². The van der Waals surface area contributed by atoms with Gasteiger partial charge < -0.3 is 10.5 Å². The quantitative estimate of drug-likeness (QED) is 0.914. The molecule has 4 heteroatoms. The Morgan fingerprint density at radius 3 is 2.95 bits per heavy atom. The Morgan fingerprint density at radius 1 is 1.50 bits per heavy atom. The molecule has 0 aliphatic carbocycles. The van der Waals surface area contributed by atoms with E-state index >= 15 is 0 Å². The second-order valence-electron chi connectivity index (χ2n) is 5.54. The molecule has 4 nitrogen and oxygen atoms in total. The van der Waals surface area contributed by atoms with Crippen molar-refractivity contribution in [2.24, 2.45) is 5.73 Å². The number of nitrogens with two attached hydrogens (primary N) is 1. The van der Waals surface area contributed by atoms with Crippen LogP contribution in [0.25, 0.3) is 0 Å². The molecule has 20 heavy (non-hydrogen) atoms. The predicted molar refractivity (Wildman–Crippen MR) is 79.4 cm³/mol. The molecule has 0 saturated carbocycles. The molecule has 0 aromatic heterocycles. The Labute approximate surface area is 121 Å². The lowest BCUT2D eigenvalue weighted by atomic mass is 9.96. The smallest absolute Gasteiger partial charge is 0.136 e. The third-order valence-corrected chi connectivity index (χ3v) is 4.04. The van der Waals surface area contributed by atoms with Crippen molar-refractivity contribution in [1.29, 1.82) is 5.26 Å². The van der Waals surface area contributed by atoms with Crippen LogP contribution in [-0.4, -0.2) is 30.6 Å². The average molecular weight is 273 g/mol. The number of likely N-dealkylation sites (tertiary alicyclic amines) is 1. The topological polar surface area (TPSA) is 62.3 Å². The summed E-state index contributed by atoms with van der Waals surface area (Å²) in [7, 11) is 1.59. The Bertz CT molecular complexity index is 493. The van der Waals surface area contributed by atoms with E-state index in [9.17, 15) is 0 Å². The molecule has 1 saturated heterocycles. The zero-order valence-corrected chi connectivity index (χ0v) is 12.3. The van der Waals surface area contributed by atoms with Crippen LogP contribution in [0, 0.1) is 11.3 Å². The molecule has 0 radical (unpaired) electrons. The van der Waals surface area contributed by atoms with Crippen molar-refractivity contribution < 1.29 is 4.74 Å². The van der Waals surface area contributed by atoms with Crippen molar-refractivity contribution in [3.05, 3.63) is 29.3 Å². The van der Waals surface area contributed by atoms with Crippen LogP contribution < -0.4 is 10.5 Å². The maximum absolute atomic E-state index is 9.16. The number of nitriles is 1. The maximum atomic E-state index is 9.16. The molecule has 2 unspecified atom stereocenters. The first kappa shape index (κ1) is 14.8. The highest BCUT2D eigenvalue weighted by Gasteiger charge is 2.25. The van der Waals surface area contributed by atoms with Crippen molar-refractivity contribution >= 4 is 0 Å². The second-order valence-corrected chi connectivity index (χ2v) is 5.54. The van der Waals surface area contributed by atoms with Crippen LogP contribution in [0.15, 0.2) is 18.2 Å². The SMILES string of the molecule is COc1ccc(CN2CCCCC2C(C)N)cc1C#N. The molecule has 1 aromatic rings. The van der Waals surface area contributed by atoms with Crippen LogP contribution in [0.2, 0.25) is 0 Å². The van der Waals surface area contributed by atoms with Gasteiger partial charge in [-0.25, -0.2) is 0 Å². The molecule has 1 fully saturated rings. The Hall–Kier alpha value is -1.57. The van der Waals surface area contributed by atoms with Crippen LogP contribution in [0.4, 0.5) is 0 Å². The molecule has 0 amide bonds. The Kier molecular flexibility index (Phi) is 4.99. The monoisotopic (exact) mass is 273 g/mol. The lowest BCUT2D eigenvalue weighted by Gasteiger charge is -2.38. The molecule has 1 aliphatic rings. The molecule has 1 aliphatic heterocycles. The van der Waals surface area contributed by atoms with Crippen molar-refractivity contribution in [3.63, 3.8) is 0 Å². The summed E-state index contributed by atoms with van der Waals surface area (Å²) in [6.45, 7) is 4.02. The number of methoxy groups -OCH3 is 1. The van der Waals surface area contributed by atoms with E-state index < -0.39 is 0 Å². The summed E-state index contributed by atoms with van der Waals surface area (Å²) in [5.74, 6) is 0.638. The number of rotatable bonds is 4. The number of benzene rings is 1. The van der Waals surface area contributed by atoms with Crippen LogP contribution in [-0.2, 0) is 6.54 Å². The molecule has 2 atom stereocenters. The summed E-state index contributed by atoms with van der Waals surface area (Å²) in [6, 6.07) is 8.65. The molecule has 2 N–H and O–H groups in total. The summed E-state index contributed by atoms with van der Waals surface area (Å²) in [4.78, 5) is 2.44. The largest absolute Gasteiger partial charge is 0.495 e. The fourth-order valence-corrected chi connectivity index (χ4v) is 2.98. The van der Waals surface area contributed by atoms with Gasteiger partial charge in [-0.2, -0.15) is 5.26 Å². The fraction of sp³-hybridized carbons (Fsp3) is 0.562. The Morgan fingerprint density at radius 2 is 2.30 bits per heavy atom. The van der Waals surface area contributed by atoms with Crippen molar-refractivity contribution in [2.75, 3.05) is 13.7 Å². The fourth-order valence-electron chi connectivity index (χ4n) is 2.98. The highest BCUT2D eigenvalue weighted by atomic mass is 16.5. The van der Waals surface area contributed by atoms with Gasteiger partial charge in [0, 0.05) is 18.6 Å². The van der Waals surface area contributed by atoms with Gasteiger partial charge >= 0.3 is 0 Å². The predicted octanol–water partition coefficient (Wildman–Crippen LogP) is 2.27. The van der Waals surface area contributed by atoms with Crippen molar-refractivity contribution in [1.82, 2.24) is 4.90 Å². The highest BCUT2D eigenvalue weighted by molar-refractivity contribution is 5.45. The standard InChI is InChI=1S/C16H23N3O/c1-12(18)15-5-3-4-8-19(15)11-13-6-7-16(20-2)14(9-13)10-17/h6-7,9,12,15H,3-5,8,11,18H2,1-2H3. The van der Waals surface area contributed by atoms with Crippen molar-refractivity contribution in [2.45, 2.75) is 44.8 Å². The van der Waals surface area contributed by atoms with E-state index in [-0.39, 0.29) is 6.04 Å². The molecule has 1 aromatic carbocycles. The number of nitrogens with zero attached hydrogens (tertiary/aromatic N) is 2. The summed E-state index contributed by atoms with van der Waals surface area (Å²) in [5, 5.41) is 9.16. The lowest BCUT2D eigenvalue weighted by Crippen LogP contribution is -2.48. The van der Waals surface area contributed by atoms with E-state index in [4.69, 9.17) is 15.7 Å². The van der Waals surface area contributed by atoms with Gasteiger partial charge in [-0.3, -0.25) is 4.90 Å². The molecule has 0 bridgehead atoms.